The summed E-state index contributed by atoms with van der Waals surface area (Å²) >= 11 is 6.22. The Bertz CT molecular complexity index is 431. The summed E-state index contributed by atoms with van der Waals surface area (Å²) in [5.41, 5.74) is 2.46. The lowest BCUT2D eigenvalue weighted by atomic mass is 9.84. The first-order valence-electron chi connectivity index (χ1n) is 6.59. The molecule has 1 aliphatic rings. The van der Waals surface area contributed by atoms with E-state index in [1.807, 2.05) is 12.1 Å². The molecule has 1 unspecified atom stereocenters. The molecule has 1 aromatic rings. The van der Waals surface area contributed by atoms with Crippen molar-refractivity contribution in [3.05, 3.63) is 28.8 Å². The Morgan fingerprint density at radius 2 is 2.17 bits per heavy atom. The summed E-state index contributed by atoms with van der Waals surface area (Å²) in [6.45, 7) is 7.77. The highest BCUT2D eigenvalue weighted by Crippen LogP contribution is 2.37. The highest BCUT2D eigenvalue weighted by atomic mass is 35.5. The van der Waals surface area contributed by atoms with Crippen molar-refractivity contribution in [3.63, 3.8) is 0 Å². The van der Waals surface area contributed by atoms with Crippen LogP contribution in [0, 0.1) is 12.8 Å². The number of piperidine rings is 1. The van der Waals surface area contributed by atoms with E-state index in [9.17, 15) is 5.11 Å². The second-order valence-electron chi connectivity index (χ2n) is 5.89. The summed E-state index contributed by atoms with van der Waals surface area (Å²) in [6.07, 6.45) is 2.20. The van der Waals surface area contributed by atoms with Gasteiger partial charge in [-0.15, -0.1) is 0 Å². The number of rotatable bonds is 2. The number of hydrogen-bond donors (Lipinski definition) is 1. The van der Waals surface area contributed by atoms with Crippen molar-refractivity contribution in [2.75, 3.05) is 18.1 Å². The molecule has 1 heterocycles. The number of benzene rings is 1. The van der Waals surface area contributed by atoms with Gasteiger partial charge in [0.15, 0.2) is 0 Å². The van der Waals surface area contributed by atoms with Crippen LogP contribution in [0.25, 0.3) is 0 Å². The minimum Gasteiger partial charge on any atom is -0.396 e. The molecule has 1 N–H and O–H groups in total. The highest BCUT2D eigenvalue weighted by Gasteiger charge is 2.34. The zero-order valence-electron chi connectivity index (χ0n) is 11.4. The molecule has 0 radical (unpaired) electrons. The topological polar surface area (TPSA) is 23.5 Å². The molecule has 2 rings (SSSR count). The van der Waals surface area contributed by atoms with E-state index in [-0.39, 0.29) is 12.1 Å². The van der Waals surface area contributed by atoms with Gasteiger partial charge in [0.1, 0.15) is 0 Å². The molecule has 18 heavy (non-hydrogen) atoms. The fraction of sp³-hybridized carbons (Fsp3) is 0.600. The lowest BCUT2D eigenvalue weighted by molar-refractivity contribution is 0.181. The van der Waals surface area contributed by atoms with Crippen molar-refractivity contribution in [2.45, 2.75) is 39.2 Å². The fourth-order valence-electron chi connectivity index (χ4n) is 2.75. The van der Waals surface area contributed by atoms with Gasteiger partial charge < -0.3 is 10.0 Å². The molecule has 0 bridgehead atoms. The maximum atomic E-state index is 9.40. The number of anilines is 1. The molecule has 1 aromatic carbocycles. The van der Waals surface area contributed by atoms with Gasteiger partial charge in [0.05, 0.1) is 0 Å². The standard InChI is InChI=1S/C15H22ClNO/c1-11-13(16)5-4-6-14(11)17-9-12(10-18)7-8-15(17,2)3/h4-6,12,18H,7-10H2,1-3H3. The van der Waals surface area contributed by atoms with E-state index in [1.54, 1.807) is 0 Å². The van der Waals surface area contributed by atoms with Crippen LogP contribution in [0.2, 0.25) is 5.02 Å². The van der Waals surface area contributed by atoms with Crippen LogP contribution in [0.4, 0.5) is 5.69 Å². The number of nitrogens with zero attached hydrogens (tertiary/aromatic N) is 1. The zero-order valence-corrected chi connectivity index (χ0v) is 12.2. The third-order valence-electron chi connectivity index (χ3n) is 4.12. The summed E-state index contributed by atoms with van der Waals surface area (Å²) in [7, 11) is 0. The van der Waals surface area contributed by atoms with E-state index >= 15 is 0 Å². The van der Waals surface area contributed by atoms with Crippen molar-refractivity contribution in [1.82, 2.24) is 0 Å². The summed E-state index contributed by atoms with van der Waals surface area (Å²) in [6, 6.07) is 6.06. The molecule has 0 saturated carbocycles. The Hall–Kier alpha value is -0.730. The molecule has 2 nitrogen and oxygen atoms in total. The van der Waals surface area contributed by atoms with Crippen LogP contribution < -0.4 is 4.90 Å². The van der Waals surface area contributed by atoms with Crippen LogP contribution in [0.15, 0.2) is 18.2 Å². The zero-order chi connectivity index (χ0) is 13.3. The Labute approximate surface area is 115 Å². The molecule has 1 fully saturated rings. The van der Waals surface area contributed by atoms with Crippen LogP contribution in [0.1, 0.15) is 32.3 Å². The number of aliphatic hydroxyl groups excluding tert-OH is 1. The van der Waals surface area contributed by atoms with Crippen LogP contribution >= 0.6 is 11.6 Å². The molecule has 0 spiro atoms. The summed E-state index contributed by atoms with van der Waals surface area (Å²) in [5, 5.41) is 10.2. The molecule has 1 aliphatic heterocycles. The van der Waals surface area contributed by atoms with Gasteiger partial charge in [-0.1, -0.05) is 17.7 Å². The molecule has 0 aromatic heterocycles. The minimum atomic E-state index is 0.126. The molecule has 0 aliphatic carbocycles. The van der Waals surface area contributed by atoms with Gasteiger partial charge in [-0.2, -0.15) is 0 Å². The highest BCUT2D eigenvalue weighted by molar-refractivity contribution is 6.31. The lowest BCUT2D eigenvalue weighted by Crippen LogP contribution is -2.51. The first-order valence-corrected chi connectivity index (χ1v) is 6.97. The largest absolute Gasteiger partial charge is 0.396 e. The van der Waals surface area contributed by atoms with E-state index in [1.165, 1.54) is 5.69 Å². The van der Waals surface area contributed by atoms with E-state index in [0.29, 0.717) is 5.92 Å². The Morgan fingerprint density at radius 1 is 1.44 bits per heavy atom. The van der Waals surface area contributed by atoms with Crippen molar-refractivity contribution in [1.29, 1.82) is 0 Å². The number of hydrogen-bond acceptors (Lipinski definition) is 2. The van der Waals surface area contributed by atoms with E-state index < -0.39 is 0 Å². The Kier molecular flexibility index (Phi) is 3.88. The van der Waals surface area contributed by atoms with Gasteiger partial charge in [-0.25, -0.2) is 0 Å². The van der Waals surface area contributed by atoms with Gasteiger partial charge in [0.25, 0.3) is 0 Å². The average Bonchev–Trinajstić information content (AvgIpc) is 2.33. The third kappa shape index (κ3) is 2.50. The first-order chi connectivity index (χ1) is 8.45. The van der Waals surface area contributed by atoms with Crippen molar-refractivity contribution in [3.8, 4) is 0 Å². The van der Waals surface area contributed by atoms with Crippen LogP contribution in [-0.4, -0.2) is 23.8 Å². The first kappa shape index (κ1) is 13.7. The van der Waals surface area contributed by atoms with Gasteiger partial charge in [-0.3, -0.25) is 0 Å². The van der Waals surface area contributed by atoms with Crippen molar-refractivity contribution < 1.29 is 5.11 Å². The molecular weight excluding hydrogens is 246 g/mol. The molecular formula is C15H22ClNO. The summed E-state index contributed by atoms with van der Waals surface area (Å²) in [5.74, 6) is 0.372. The predicted molar refractivity (Wildman–Crippen MR) is 77.4 cm³/mol. The summed E-state index contributed by atoms with van der Waals surface area (Å²) < 4.78 is 0. The van der Waals surface area contributed by atoms with E-state index in [0.717, 1.165) is 30.0 Å². The molecule has 0 amide bonds. The number of aliphatic hydroxyl groups is 1. The molecule has 100 valence electrons. The maximum absolute atomic E-state index is 9.40. The van der Waals surface area contributed by atoms with Crippen molar-refractivity contribution in [2.24, 2.45) is 5.92 Å². The summed E-state index contributed by atoms with van der Waals surface area (Å²) in [4.78, 5) is 2.40. The Morgan fingerprint density at radius 3 is 2.83 bits per heavy atom. The quantitative estimate of drug-likeness (QED) is 0.884. The molecule has 3 heteroatoms. The minimum absolute atomic E-state index is 0.126. The van der Waals surface area contributed by atoms with Crippen LogP contribution in [0.5, 0.6) is 0 Å². The monoisotopic (exact) mass is 267 g/mol. The van der Waals surface area contributed by atoms with Gasteiger partial charge >= 0.3 is 0 Å². The van der Waals surface area contributed by atoms with E-state index in [4.69, 9.17) is 11.6 Å². The van der Waals surface area contributed by atoms with Crippen LogP contribution in [0.3, 0.4) is 0 Å². The van der Waals surface area contributed by atoms with Gasteiger partial charge in [0, 0.05) is 29.4 Å². The SMILES string of the molecule is Cc1c(Cl)cccc1N1CC(CO)CCC1(C)C. The Balaban J connectivity index is 2.36. The maximum Gasteiger partial charge on any atom is 0.0476 e. The smallest absolute Gasteiger partial charge is 0.0476 e. The molecule has 1 saturated heterocycles. The molecule has 1 atom stereocenters. The third-order valence-corrected chi connectivity index (χ3v) is 4.53. The van der Waals surface area contributed by atoms with Crippen LogP contribution in [-0.2, 0) is 0 Å². The number of halogens is 1. The van der Waals surface area contributed by atoms with Crippen molar-refractivity contribution >= 4 is 17.3 Å². The normalized spacial score (nSPS) is 23.2. The fourth-order valence-corrected chi connectivity index (χ4v) is 2.92. The van der Waals surface area contributed by atoms with E-state index in [2.05, 4.69) is 31.7 Å². The average molecular weight is 268 g/mol. The second kappa shape index (κ2) is 5.10. The van der Waals surface area contributed by atoms with Gasteiger partial charge in [-0.05, 0) is 57.2 Å². The second-order valence-corrected chi connectivity index (χ2v) is 6.30. The van der Waals surface area contributed by atoms with Gasteiger partial charge in [0.2, 0.25) is 0 Å². The predicted octanol–water partition coefficient (Wildman–Crippen LogP) is 3.64. The lowest BCUT2D eigenvalue weighted by Gasteiger charge is -2.47.